The van der Waals surface area contributed by atoms with Crippen LogP contribution in [0.25, 0.3) is 21.7 Å². The van der Waals surface area contributed by atoms with Crippen LogP contribution in [-0.2, 0) is 21.7 Å². The van der Waals surface area contributed by atoms with E-state index in [1.165, 1.54) is 0 Å². The van der Waals surface area contributed by atoms with Gasteiger partial charge in [-0.3, -0.25) is 4.98 Å². The predicted octanol–water partition coefficient (Wildman–Crippen LogP) is 4.00. The third kappa shape index (κ3) is 2.79. The van der Waals surface area contributed by atoms with Crippen molar-refractivity contribution in [3.05, 3.63) is 57.4 Å². The molecule has 1 aromatic heterocycles. The maximum atomic E-state index is 10.2. The van der Waals surface area contributed by atoms with Crippen LogP contribution in [0, 0.1) is 14.9 Å². The number of rotatable bonds is 1. The first-order valence-corrected chi connectivity index (χ1v) is 5.34. The first-order valence-electron chi connectivity index (χ1n) is 5.34. The summed E-state index contributed by atoms with van der Waals surface area (Å²) in [6.07, 6.45) is 1.72. The smallest absolute Gasteiger partial charge is 0.504 e. The predicted molar refractivity (Wildman–Crippen MR) is 80.3 cm³/mol. The van der Waals surface area contributed by atoms with Gasteiger partial charge in [-0.2, -0.15) is 0 Å². The molecule has 0 atom stereocenters. The molecule has 0 bridgehead atoms. The van der Waals surface area contributed by atoms with Crippen molar-refractivity contribution in [2.75, 3.05) is 7.11 Å². The number of benzene rings is 2. The maximum absolute atomic E-state index is 10.2. The van der Waals surface area contributed by atoms with Crippen LogP contribution in [0.15, 0.2) is 42.6 Å². The fourth-order valence-corrected chi connectivity index (χ4v) is 2.08. The van der Waals surface area contributed by atoms with Gasteiger partial charge in [0.2, 0.25) is 0 Å². The Bertz CT molecular complexity index is 713. The molecule has 0 fully saturated rings. The second kappa shape index (κ2) is 7.27. The third-order valence-electron chi connectivity index (χ3n) is 2.91. The van der Waals surface area contributed by atoms with E-state index < -0.39 is 0 Å². The fraction of sp³-hybridized carbons (Fsp3) is 0.0625. The number of hydrogen-bond donors (Lipinski definition) is 1. The Morgan fingerprint density at radius 2 is 1.65 bits per heavy atom. The standard InChI is InChI=1S/C14H11NO2.2CH3.Ti/c1-17-11-7-6-9-4-5-10-3-2-8-15-13(10)12(9)14(11)16;;;/h2-8,16H,1H3;2*1H3;/q;2*-1;+2. The molecule has 0 spiro atoms. The van der Waals surface area contributed by atoms with E-state index >= 15 is 0 Å². The van der Waals surface area contributed by atoms with Crippen molar-refractivity contribution >= 4 is 21.7 Å². The van der Waals surface area contributed by atoms with Crippen molar-refractivity contribution in [3.63, 3.8) is 0 Å². The summed E-state index contributed by atoms with van der Waals surface area (Å²) in [6.45, 7) is 0. The Balaban J connectivity index is 0.00000120. The minimum absolute atomic E-state index is 0. The largest absolute Gasteiger partial charge is 2.00 e. The number of aromatic nitrogens is 1. The van der Waals surface area contributed by atoms with Crippen LogP contribution >= 0.6 is 0 Å². The number of phenolic OH excluding ortho intramolecular Hbond substituents is 1. The molecular weight excluding hydrogens is 286 g/mol. The van der Waals surface area contributed by atoms with Crippen molar-refractivity contribution < 1.29 is 31.6 Å². The van der Waals surface area contributed by atoms with Gasteiger partial charge in [0.15, 0.2) is 11.5 Å². The number of hydrogen-bond acceptors (Lipinski definition) is 3. The summed E-state index contributed by atoms with van der Waals surface area (Å²) in [4.78, 5) is 4.33. The van der Waals surface area contributed by atoms with Crippen LogP contribution in [0.3, 0.4) is 0 Å². The number of aromatic hydroxyl groups is 1. The van der Waals surface area contributed by atoms with E-state index in [0.717, 1.165) is 21.7 Å². The maximum Gasteiger partial charge on any atom is 2.00 e. The third-order valence-corrected chi connectivity index (χ3v) is 2.91. The molecule has 3 nitrogen and oxygen atoms in total. The van der Waals surface area contributed by atoms with E-state index in [1.807, 2.05) is 30.3 Å². The van der Waals surface area contributed by atoms with Gasteiger partial charge in [0.25, 0.3) is 0 Å². The molecule has 102 valence electrons. The summed E-state index contributed by atoms with van der Waals surface area (Å²) in [5, 5.41) is 12.9. The normalized spacial score (nSPS) is 9.25. The van der Waals surface area contributed by atoms with Crippen molar-refractivity contribution in [2.45, 2.75) is 0 Å². The van der Waals surface area contributed by atoms with Gasteiger partial charge < -0.3 is 24.7 Å². The Morgan fingerprint density at radius 3 is 2.35 bits per heavy atom. The SMILES string of the molecule is COc1ccc2ccc3cccnc3c2c1O.[CH3-].[CH3-].[Ti+2]. The molecule has 1 N–H and O–H groups in total. The molecule has 20 heavy (non-hydrogen) atoms. The zero-order valence-corrected chi connectivity index (χ0v) is 13.4. The van der Waals surface area contributed by atoms with Crippen LogP contribution in [-0.4, -0.2) is 17.2 Å². The number of fused-ring (bicyclic) bond motifs is 3. The number of pyridine rings is 1. The van der Waals surface area contributed by atoms with Crippen LogP contribution in [0.4, 0.5) is 0 Å². The number of ether oxygens (including phenoxy) is 1. The molecule has 2 aromatic carbocycles. The topological polar surface area (TPSA) is 42.4 Å². The number of phenols is 1. The summed E-state index contributed by atoms with van der Waals surface area (Å²) in [5.74, 6) is 0.616. The minimum atomic E-state index is 0. The fourth-order valence-electron chi connectivity index (χ4n) is 2.08. The monoisotopic (exact) mass is 303 g/mol. The number of methoxy groups -OCH3 is 1. The molecule has 0 aliphatic heterocycles. The van der Waals surface area contributed by atoms with Crippen LogP contribution in [0.5, 0.6) is 11.5 Å². The summed E-state index contributed by atoms with van der Waals surface area (Å²) >= 11 is 0. The molecule has 1 heterocycles. The Morgan fingerprint density at radius 1 is 1.00 bits per heavy atom. The zero-order valence-electron chi connectivity index (χ0n) is 11.8. The first-order chi connectivity index (χ1) is 8.31. The molecule has 3 rings (SSSR count). The molecule has 0 aliphatic rings. The minimum Gasteiger partial charge on any atom is -0.504 e. The average molecular weight is 303 g/mol. The molecule has 0 saturated carbocycles. The van der Waals surface area contributed by atoms with E-state index in [1.54, 1.807) is 19.4 Å². The van der Waals surface area contributed by atoms with Crippen LogP contribution < -0.4 is 4.74 Å². The molecule has 3 aromatic rings. The van der Waals surface area contributed by atoms with E-state index in [9.17, 15) is 5.11 Å². The Labute approximate surface area is 134 Å². The summed E-state index contributed by atoms with van der Waals surface area (Å²) in [5.41, 5.74) is 0.793. The van der Waals surface area contributed by atoms with Crippen LogP contribution in [0.2, 0.25) is 0 Å². The summed E-state index contributed by atoms with van der Waals surface area (Å²) < 4.78 is 5.12. The van der Waals surface area contributed by atoms with Crippen molar-refractivity contribution in [1.29, 1.82) is 0 Å². The molecular formula is C16H17NO2Ti. The van der Waals surface area contributed by atoms with E-state index in [-0.39, 0.29) is 42.3 Å². The van der Waals surface area contributed by atoms with E-state index in [2.05, 4.69) is 4.98 Å². The molecule has 0 aliphatic carbocycles. The Kier molecular flexibility index (Phi) is 6.70. The summed E-state index contributed by atoms with van der Waals surface area (Å²) in [6, 6.07) is 11.5. The molecule has 0 amide bonds. The zero-order chi connectivity index (χ0) is 11.8. The van der Waals surface area contributed by atoms with Gasteiger partial charge in [0.05, 0.1) is 18.0 Å². The van der Waals surface area contributed by atoms with E-state index in [0.29, 0.717) is 5.75 Å². The average Bonchev–Trinajstić information content (AvgIpc) is 2.38. The van der Waals surface area contributed by atoms with Crippen molar-refractivity contribution in [3.8, 4) is 11.5 Å². The Hall–Kier alpha value is -1.58. The van der Waals surface area contributed by atoms with Crippen molar-refractivity contribution in [1.82, 2.24) is 4.98 Å². The van der Waals surface area contributed by atoms with Gasteiger partial charge in [0, 0.05) is 11.6 Å². The molecule has 0 radical (unpaired) electrons. The van der Waals surface area contributed by atoms with Gasteiger partial charge in [-0.05, 0) is 17.5 Å². The van der Waals surface area contributed by atoms with Crippen molar-refractivity contribution in [2.24, 2.45) is 0 Å². The first kappa shape index (κ1) is 18.4. The molecule has 0 unspecified atom stereocenters. The van der Waals surface area contributed by atoms with Gasteiger partial charge in [-0.1, -0.05) is 24.3 Å². The van der Waals surface area contributed by atoms with Gasteiger partial charge in [-0.25, -0.2) is 0 Å². The van der Waals surface area contributed by atoms with Gasteiger partial charge >= 0.3 is 21.7 Å². The van der Waals surface area contributed by atoms with Crippen LogP contribution in [0.1, 0.15) is 0 Å². The molecule has 4 heteroatoms. The molecule has 0 saturated heterocycles. The van der Waals surface area contributed by atoms with Gasteiger partial charge in [0.1, 0.15) is 0 Å². The van der Waals surface area contributed by atoms with E-state index in [4.69, 9.17) is 4.74 Å². The summed E-state index contributed by atoms with van der Waals surface area (Å²) in [7, 11) is 1.54. The van der Waals surface area contributed by atoms with Gasteiger partial charge in [-0.15, -0.1) is 0 Å². The quantitative estimate of drug-likeness (QED) is 0.420. The number of nitrogens with zero attached hydrogens (tertiary/aromatic N) is 1. The second-order valence-corrected chi connectivity index (χ2v) is 3.86. The second-order valence-electron chi connectivity index (χ2n) is 3.86.